The SMILES string of the molecule is COc1cc(O)cc(OC)c1C=NCCO. The summed E-state index contributed by atoms with van der Waals surface area (Å²) in [6.45, 7) is 0.298. The van der Waals surface area contributed by atoms with Crippen LogP contribution in [-0.4, -0.2) is 43.8 Å². The molecule has 1 aromatic rings. The van der Waals surface area contributed by atoms with Crippen molar-refractivity contribution in [1.82, 2.24) is 0 Å². The number of hydrogen-bond acceptors (Lipinski definition) is 5. The van der Waals surface area contributed by atoms with E-state index in [0.717, 1.165) is 0 Å². The summed E-state index contributed by atoms with van der Waals surface area (Å²) < 4.78 is 10.2. The quantitative estimate of drug-likeness (QED) is 0.728. The predicted octanol–water partition coefficient (Wildman–Crippen LogP) is 0.821. The fourth-order valence-corrected chi connectivity index (χ4v) is 1.27. The Labute approximate surface area is 94.0 Å². The van der Waals surface area contributed by atoms with E-state index in [-0.39, 0.29) is 12.4 Å². The van der Waals surface area contributed by atoms with Crippen LogP contribution in [0.25, 0.3) is 0 Å². The highest BCUT2D eigenvalue weighted by Crippen LogP contribution is 2.31. The van der Waals surface area contributed by atoms with Gasteiger partial charge in [-0.3, -0.25) is 4.99 Å². The number of phenols is 1. The lowest BCUT2D eigenvalue weighted by Gasteiger charge is -2.10. The summed E-state index contributed by atoms with van der Waals surface area (Å²) in [4.78, 5) is 3.99. The third-order valence-corrected chi connectivity index (χ3v) is 1.98. The standard InChI is InChI=1S/C11H15NO4/c1-15-10-5-8(14)6-11(16-2)9(10)7-12-3-4-13/h5-7,13-14H,3-4H2,1-2H3. The van der Waals surface area contributed by atoms with Gasteiger partial charge >= 0.3 is 0 Å². The molecule has 0 heterocycles. The van der Waals surface area contributed by atoms with Gasteiger partial charge < -0.3 is 19.7 Å². The second kappa shape index (κ2) is 5.97. The van der Waals surface area contributed by atoms with E-state index in [2.05, 4.69) is 4.99 Å². The van der Waals surface area contributed by atoms with Crippen molar-refractivity contribution in [3.63, 3.8) is 0 Å². The Kier molecular flexibility index (Phi) is 4.60. The first-order valence-corrected chi connectivity index (χ1v) is 4.78. The number of aromatic hydroxyl groups is 1. The third kappa shape index (κ3) is 2.87. The molecule has 0 aromatic heterocycles. The number of benzene rings is 1. The van der Waals surface area contributed by atoms with E-state index in [1.165, 1.54) is 26.4 Å². The number of aliphatic hydroxyl groups excluding tert-OH is 1. The van der Waals surface area contributed by atoms with E-state index in [4.69, 9.17) is 14.6 Å². The van der Waals surface area contributed by atoms with Gasteiger partial charge in [0.1, 0.15) is 17.2 Å². The van der Waals surface area contributed by atoms with Gasteiger partial charge in [-0.2, -0.15) is 0 Å². The molecule has 0 aliphatic carbocycles. The Balaban J connectivity index is 3.11. The number of rotatable bonds is 5. The Hall–Kier alpha value is -1.75. The minimum atomic E-state index is -0.0147. The summed E-state index contributed by atoms with van der Waals surface area (Å²) in [7, 11) is 3.00. The van der Waals surface area contributed by atoms with Crippen LogP contribution in [0.3, 0.4) is 0 Å². The number of nitrogens with zero attached hydrogens (tertiary/aromatic N) is 1. The Morgan fingerprint density at radius 3 is 2.25 bits per heavy atom. The summed E-state index contributed by atoms with van der Waals surface area (Å²) in [5.74, 6) is 1.00. The van der Waals surface area contributed by atoms with Crippen LogP contribution in [0.1, 0.15) is 5.56 Å². The molecule has 0 bridgehead atoms. The van der Waals surface area contributed by atoms with E-state index < -0.39 is 0 Å². The second-order valence-corrected chi connectivity index (χ2v) is 3.02. The van der Waals surface area contributed by atoms with Crippen LogP contribution in [-0.2, 0) is 0 Å². The Morgan fingerprint density at radius 1 is 1.25 bits per heavy atom. The molecule has 0 fully saturated rings. The van der Waals surface area contributed by atoms with E-state index in [9.17, 15) is 5.11 Å². The fraction of sp³-hybridized carbons (Fsp3) is 0.364. The van der Waals surface area contributed by atoms with Crippen molar-refractivity contribution in [2.75, 3.05) is 27.4 Å². The summed E-state index contributed by atoms with van der Waals surface area (Å²) in [5, 5.41) is 18.0. The van der Waals surface area contributed by atoms with Gasteiger partial charge in [0.25, 0.3) is 0 Å². The topological polar surface area (TPSA) is 71.3 Å². The zero-order valence-electron chi connectivity index (χ0n) is 9.30. The van der Waals surface area contributed by atoms with Gasteiger partial charge in [0.15, 0.2) is 0 Å². The first-order chi connectivity index (χ1) is 7.72. The molecule has 2 N–H and O–H groups in total. The molecule has 0 aliphatic rings. The van der Waals surface area contributed by atoms with Crippen molar-refractivity contribution in [2.45, 2.75) is 0 Å². The van der Waals surface area contributed by atoms with Gasteiger partial charge in [-0.05, 0) is 0 Å². The Bertz CT molecular complexity index is 351. The third-order valence-electron chi connectivity index (χ3n) is 1.98. The van der Waals surface area contributed by atoms with Crippen LogP contribution in [0.2, 0.25) is 0 Å². The van der Waals surface area contributed by atoms with Crippen LogP contribution in [0, 0.1) is 0 Å². The van der Waals surface area contributed by atoms with Gasteiger partial charge in [-0.15, -0.1) is 0 Å². The maximum absolute atomic E-state index is 9.41. The van der Waals surface area contributed by atoms with Gasteiger partial charge in [-0.1, -0.05) is 0 Å². The normalized spacial score (nSPS) is 10.7. The number of hydrogen-bond donors (Lipinski definition) is 2. The molecule has 1 rings (SSSR count). The largest absolute Gasteiger partial charge is 0.508 e. The zero-order valence-corrected chi connectivity index (χ0v) is 9.30. The molecule has 88 valence electrons. The molecule has 5 heteroatoms. The number of phenolic OH excluding ortho intramolecular Hbond substituents is 1. The molecule has 0 saturated carbocycles. The predicted molar refractivity (Wildman–Crippen MR) is 60.8 cm³/mol. The average molecular weight is 225 g/mol. The smallest absolute Gasteiger partial charge is 0.135 e. The summed E-state index contributed by atoms with van der Waals surface area (Å²) in [6.07, 6.45) is 1.55. The highest BCUT2D eigenvalue weighted by atomic mass is 16.5. The maximum atomic E-state index is 9.41. The minimum absolute atomic E-state index is 0.0147. The summed E-state index contributed by atoms with van der Waals surface area (Å²) >= 11 is 0. The molecule has 0 amide bonds. The molecular weight excluding hydrogens is 210 g/mol. The molecule has 0 saturated heterocycles. The lowest BCUT2D eigenvalue weighted by atomic mass is 10.2. The molecule has 0 spiro atoms. The van der Waals surface area contributed by atoms with Crippen LogP contribution in [0.5, 0.6) is 17.2 Å². The summed E-state index contributed by atoms with van der Waals surface area (Å²) in [6, 6.07) is 2.95. The van der Waals surface area contributed by atoms with Gasteiger partial charge in [0, 0.05) is 18.3 Å². The van der Waals surface area contributed by atoms with Crippen LogP contribution in [0.15, 0.2) is 17.1 Å². The number of methoxy groups -OCH3 is 2. The van der Waals surface area contributed by atoms with E-state index in [0.29, 0.717) is 23.6 Å². The van der Waals surface area contributed by atoms with Crippen molar-refractivity contribution in [3.8, 4) is 17.2 Å². The summed E-state index contributed by atoms with van der Waals surface area (Å²) in [5.41, 5.74) is 0.635. The van der Waals surface area contributed by atoms with Gasteiger partial charge in [0.05, 0.1) is 32.9 Å². The Morgan fingerprint density at radius 2 is 1.81 bits per heavy atom. The molecule has 0 atom stereocenters. The molecule has 0 radical (unpaired) electrons. The van der Waals surface area contributed by atoms with Gasteiger partial charge in [0.2, 0.25) is 0 Å². The first-order valence-electron chi connectivity index (χ1n) is 4.78. The monoisotopic (exact) mass is 225 g/mol. The van der Waals surface area contributed by atoms with Crippen molar-refractivity contribution in [2.24, 2.45) is 4.99 Å². The molecule has 0 unspecified atom stereocenters. The number of aliphatic hydroxyl groups is 1. The highest BCUT2D eigenvalue weighted by Gasteiger charge is 2.10. The van der Waals surface area contributed by atoms with E-state index >= 15 is 0 Å². The van der Waals surface area contributed by atoms with Crippen LogP contribution < -0.4 is 9.47 Å². The molecule has 16 heavy (non-hydrogen) atoms. The number of ether oxygens (including phenoxy) is 2. The zero-order chi connectivity index (χ0) is 12.0. The molecule has 1 aromatic carbocycles. The highest BCUT2D eigenvalue weighted by molar-refractivity contribution is 5.88. The number of aliphatic imine (C=N–C) groups is 1. The lowest BCUT2D eigenvalue weighted by molar-refractivity contribution is 0.307. The van der Waals surface area contributed by atoms with Crippen molar-refractivity contribution >= 4 is 6.21 Å². The second-order valence-electron chi connectivity index (χ2n) is 3.02. The molecule has 5 nitrogen and oxygen atoms in total. The molecule has 0 aliphatic heterocycles. The van der Waals surface area contributed by atoms with E-state index in [1.54, 1.807) is 6.21 Å². The minimum Gasteiger partial charge on any atom is -0.508 e. The molecular formula is C11H15NO4. The van der Waals surface area contributed by atoms with Crippen molar-refractivity contribution in [1.29, 1.82) is 0 Å². The van der Waals surface area contributed by atoms with Crippen LogP contribution >= 0.6 is 0 Å². The van der Waals surface area contributed by atoms with Crippen molar-refractivity contribution in [3.05, 3.63) is 17.7 Å². The van der Waals surface area contributed by atoms with Crippen molar-refractivity contribution < 1.29 is 19.7 Å². The van der Waals surface area contributed by atoms with Gasteiger partial charge in [-0.25, -0.2) is 0 Å². The van der Waals surface area contributed by atoms with Crippen LogP contribution in [0.4, 0.5) is 0 Å². The first kappa shape index (κ1) is 12.3. The average Bonchev–Trinajstić information content (AvgIpc) is 2.30. The van der Waals surface area contributed by atoms with E-state index in [1.807, 2.05) is 0 Å². The lowest BCUT2D eigenvalue weighted by Crippen LogP contribution is -1.97. The fourth-order valence-electron chi connectivity index (χ4n) is 1.27. The maximum Gasteiger partial charge on any atom is 0.135 e.